The number of phenolic OH excluding ortho intramolecular Hbond substituents is 1. The Balaban J connectivity index is 2.82. The van der Waals surface area contributed by atoms with Crippen LogP contribution < -0.4 is 5.32 Å². The zero-order chi connectivity index (χ0) is 12.3. The van der Waals surface area contributed by atoms with E-state index in [9.17, 15) is 14.7 Å². The number of amides is 1. The van der Waals surface area contributed by atoms with Gasteiger partial charge in [-0.3, -0.25) is 9.59 Å². The van der Waals surface area contributed by atoms with Gasteiger partial charge in [-0.1, -0.05) is 23.2 Å². The fourth-order valence-corrected chi connectivity index (χ4v) is 1.47. The van der Waals surface area contributed by atoms with Crippen LogP contribution in [0.4, 0.5) is 5.69 Å². The van der Waals surface area contributed by atoms with E-state index in [2.05, 4.69) is 5.32 Å². The highest BCUT2D eigenvalue weighted by Crippen LogP contribution is 2.34. The first-order valence-electron chi connectivity index (χ1n) is 4.10. The second-order valence-electron chi connectivity index (χ2n) is 2.91. The predicted octanol–water partition coefficient (Wildman–Crippen LogP) is 2.11. The Hall–Kier alpha value is -1.46. The summed E-state index contributed by atoms with van der Waals surface area (Å²) in [4.78, 5) is 21.3. The first-order chi connectivity index (χ1) is 7.40. The number of rotatable bonds is 3. The van der Waals surface area contributed by atoms with Crippen LogP contribution in [-0.2, 0) is 9.59 Å². The normalized spacial score (nSPS) is 9.88. The Morgan fingerprint density at radius 3 is 2.19 bits per heavy atom. The summed E-state index contributed by atoms with van der Waals surface area (Å²) in [6.45, 7) is 0. The second kappa shape index (κ2) is 5.05. The molecule has 5 nitrogen and oxygen atoms in total. The zero-order valence-corrected chi connectivity index (χ0v) is 9.34. The minimum atomic E-state index is -1.24. The first kappa shape index (κ1) is 12.6. The number of carboxylic acids is 1. The van der Waals surface area contributed by atoms with Gasteiger partial charge in [0.15, 0.2) is 5.75 Å². The minimum Gasteiger partial charge on any atom is -0.505 e. The molecule has 0 spiro atoms. The molecule has 3 N–H and O–H groups in total. The Morgan fingerprint density at radius 2 is 1.75 bits per heavy atom. The fraction of sp³-hybridized carbons (Fsp3) is 0.111. The van der Waals surface area contributed by atoms with E-state index in [0.717, 1.165) is 0 Å². The molecule has 0 fully saturated rings. The maximum atomic E-state index is 11.1. The molecule has 1 amide bonds. The highest BCUT2D eigenvalue weighted by atomic mass is 35.5. The van der Waals surface area contributed by atoms with Crippen molar-refractivity contribution in [3.8, 4) is 5.75 Å². The van der Waals surface area contributed by atoms with Crippen molar-refractivity contribution in [2.24, 2.45) is 0 Å². The van der Waals surface area contributed by atoms with Crippen molar-refractivity contribution in [2.45, 2.75) is 6.42 Å². The minimum absolute atomic E-state index is 0.0295. The summed E-state index contributed by atoms with van der Waals surface area (Å²) in [5, 5.41) is 19.8. The molecule has 0 radical (unpaired) electrons. The number of carbonyl (C=O) groups excluding carboxylic acids is 1. The Labute approximate surface area is 101 Å². The lowest BCUT2D eigenvalue weighted by Crippen LogP contribution is -2.15. The maximum Gasteiger partial charge on any atom is 0.312 e. The van der Waals surface area contributed by atoms with Crippen LogP contribution in [0.5, 0.6) is 5.75 Å². The number of hydrogen-bond acceptors (Lipinski definition) is 3. The standard InChI is InChI=1S/C9H7Cl2NO4/c10-5-1-4(2-6(11)9(5)16)12-7(13)3-8(14)15/h1-2,16H,3H2,(H,12,13)(H,14,15). The molecule has 0 aliphatic heterocycles. The van der Waals surface area contributed by atoms with Gasteiger partial charge in [0.25, 0.3) is 0 Å². The molecule has 0 saturated heterocycles. The highest BCUT2D eigenvalue weighted by molar-refractivity contribution is 6.37. The quantitative estimate of drug-likeness (QED) is 0.576. The summed E-state index contributed by atoms with van der Waals surface area (Å²) in [6, 6.07) is 2.53. The van der Waals surface area contributed by atoms with Gasteiger partial charge in [0.1, 0.15) is 6.42 Å². The second-order valence-corrected chi connectivity index (χ2v) is 3.72. The molecule has 0 atom stereocenters. The number of halogens is 2. The van der Waals surface area contributed by atoms with Crippen molar-refractivity contribution in [1.29, 1.82) is 0 Å². The van der Waals surface area contributed by atoms with E-state index in [1.807, 2.05) is 0 Å². The predicted molar refractivity (Wildman–Crippen MR) is 59.0 cm³/mol. The lowest BCUT2D eigenvalue weighted by atomic mass is 10.3. The monoisotopic (exact) mass is 263 g/mol. The van der Waals surface area contributed by atoms with E-state index >= 15 is 0 Å². The number of hydrogen-bond donors (Lipinski definition) is 3. The number of aliphatic carboxylic acids is 1. The van der Waals surface area contributed by atoms with Crippen molar-refractivity contribution in [3.05, 3.63) is 22.2 Å². The van der Waals surface area contributed by atoms with Gasteiger partial charge < -0.3 is 15.5 Å². The third-order valence-electron chi connectivity index (χ3n) is 1.61. The van der Waals surface area contributed by atoms with Gasteiger partial charge >= 0.3 is 5.97 Å². The maximum absolute atomic E-state index is 11.1. The third kappa shape index (κ3) is 3.29. The molecular formula is C9H7Cl2NO4. The molecule has 1 aromatic rings. The zero-order valence-electron chi connectivity index (χ0n) is 7.83. The smallest absolute Gasteiger partial charge is 0.312 e. The molecule has 0 saturated carbocycles. The van der Waals surface area contributed by atoms with E-state index in [0.29, 0.717) is 0 Å². The van der Waals surface area contributed by atoms with Gasteiger partial charge in [-0.25, -0.2) is 0 Å². The summed E-state index contributed by atoms with van der Waals surface area (Å²) in [5.74, 6) is -2.24. The van der Waals surface area contributed by atoms with Gasteiger partial charge in [-0.2, -0.15) is 0 Å². The number of anilines is 1. The molecule has 0 unspecified atom stereocenters. The molecule has 0 bridgehead atoms. The Morgan fingerprint density at radius 1 is 1.25 bits per heavy atom. The average Bonchev–Trinajstić information content (AvgIpc) is 2.12. The van der Waals surface area contributed by atoms with E-state index in [4.69, 9.17) is 28.3 Å². The first-order valence-corrected chi connectivity index (χ1v) is 4.85. The molecule has 7 heteroatoms. The molecule has 0 aliphatic rings. The lowest BCUT2D eigenvalue weighted by molar-refractivity contribution is -0.139. The van der Waals surface area contributed by atoms with Crippen LogP contribution in [-0.4, -0.2) is 22.1 Å². The molecule has 1 rings (SSSR count). The highest BCUT2D eigenvalue weighted by Gasteiger charge is 2.11. The van der Waals surface area contributed by atoms with Crippen molar-refractivity contribution in [2.75, 3.05) is 5.32 Å². The van der Waals surface area contributed by atoms with Crippen LogP contribution in [0.25, 0.3) is 0 Å². The number of aromatic hydroxyl groups is 1. The number of phenols is 1. The van der Waals surface area contributed by atoms with Gasteiger partial charge in [0.05, 0.1) is 10.0 Å². The van der Waals surface area contributed by atoms with Crippen molar-refractivity contribution in [3.63, 3.8) is 0 Å². The SMILES string of the molecule is O=C(O)CC(=O)Nc1cc(Cl)c(O)c(Cl)c1. The molecule has 1 aromatic carbocycles. The average molecular weight is 264 g/mol. The van der Waals surface area contributed by atoms with E-state index in [-0.39, 0.29) is 21.5 Å². The van der Waals surface area contributed by atoms with Crippen LogP contribution in [0.1, 0.15) is 6.42 Å². The van der Waals surface area contributed by atoms with E-state index in [1.165, 1.54) is 12.1 Å². The molecule has 0 aliphatic carbocycles. The van der Waals surface area contributed by atoms with Crippen LogP contribution >= 0.6 is 23.2 Å². The Kier molecular flexibility index (Phi) is 3.98. The summed E-state index contributed by atoms with van der Waals surface area (Å²) < 4.78 is 0. The summed E-state index contributed by atoms with van der Waals surface area (Å²) >= 11 is 11.2. The molecular weight excluding hydrogens is 257 g/mol. The van der Waals surface area contributed by atoms with Gasteiger partial charge in [-0.15, -0.1) is 0 Å². The van der Waals surface area contributed by atoms with Crippen molar-refractivity contribution >= 4 is 40.8 Å². The van der Waals surface area contributed by atoms with Crippen LogP contribution in [0.3, 0.4) is 0 Å². The Bertz CT molecular complexity index is 424. The molecule has 86 valence electrons. The van der Waals surface area contributed by atoms with E-state index < -0.39 is 18.3 Å². The molecule has 0 aromatic heterocycles. The van der Waals surface area contributed by atoms with Crippen molar-refractivity contribution < 1.29 is 19.8 Å². The largest absolute Gasteiger partial charge is 0.505 e. The van der Waals surface area contributed by atoms with Crippen LogP contribution in [0.15, 0.2) is 12.1 Å². The number of carboxylic acid groups (broad SMARTS) is 1. The molecule has 0 heterocycles. The van der Waals surface area contributed by atoms with Crippen LogP contribution in [0, 0.1) is 0 Å². The fourth-order valence-electron chi connectivity index (χ4n) is 0.980. The number of benzene rings is 1. The summed E-state index contributed by atoms with van der Waals surface area (Å²) in [5.41, 5.74) is 0.221. The third-order valence-corrected chi connectivity index (χ3v) is 2.19. The summed E-state index contributed by atoms with van der Waals surface area (Å²) in [6.07, 6.45) is -0.657. The van der Waals surface area contributed by atoms with E-state index in [1.54, 1.807) is 0 Å². The van der Waals surface area contributed by atoms with Crippen molar-refractivity contribution in [1.82, 2.24) is 0 Å². The van der Waals surface area contributed by atoms with Crippen LogP contribution in [0.2, 0.25) is 10.0 Å². The van der Waals surface area contributed by atoms with Gasteiger partial charge in [0.2, 0.25) is 5.91 Å². The number of carbonyl (C=O) groups is 2. The topological polar surface area (TPSA) is 86.6 Å². The number of nitrogens with one attached hydrogen (secondary N) is 1. The van der Waals surface area contributed by atoms with Gasteiger partial charge in [0, 0.05) is 5.69 Å². The van der Waals surface area contributed by atoms with Gasteiger partial charge in [-0.05, 0) is 12.1 Å². The molecule has 16 heavy (non-hydrogen) atoms. The summed E-state index contributed by atoms with van der Waals surface area (Å²) in [7, 11) is 0. The lowest BCUT2D eigenvalue weighted by Gasteiger charge is -2.06.